The molecule has 2 heterocycles. The van der Waals surface area contributed by atoms with Crippen molar-refractivity contribution in [3.8, 4) is 0 Å². The lowest BCUT2D eigenvalue weighted by molar-refractivity contribution is 0.627. The zero-order valence-electron chi connectivity index (χ0n) is 8.08. The van der Waals surface area contributed by atoms with Crippen LogP contribution in [-0.2, 0) is 5.88 Å². The zero-order valence-corrected chi connectivity index (χ0v) is 8.84. The fourth-order valence-corrected chi connectivity index (χ4v) is 1.96. The standard InChI is InChI=1S/C11H10ClFN2/c12-4-9-6-15-5-8(7-1-2-7)3-10(13)11(15)14-9/h3,5-7H,1-2,4H2. The number of rotatable bonds is 2. The highest BCUT2D eigenvalue weighted by atomic mass is 35.5. The fraction of sp³-hybridized carbons (Fsp3) is 0.364. The van der Waals surface area contributed by atoms with Crippen molar-refractivity contribution in [3.63, 3.8) is 0 Å². The molecule has 0 amide bonds. The number of imidazole rings is 1. The molecular weight excluding hydrogens is 215 g/mol. The first kappa shape index (κ1) is 9.16. The van der Waals surface area contributed by atoms with Gasteiger partial charge in [-0.1, -0.05) is 0 Å². The van der Waals surface area contributed by atoms with Gasteiger partial charge in [0.1, 0.15) is 0 Å². The average Bonchev–Trinajstić information content (AvgIpc) is 2.98. The lowest BCUT2D eigenvalue weighted by Gasteiger charge is -2.00. The molecule has 1 fully saturated rings. The van der Waals surface area contributed by atoms with E-state index in [2.05, 4.69) is 4.98 Å². The molecule has 0 aliphatic heterocycles. The molecule has 3 rings (SSSR count). The third-order valence-corrected chi connectivity index (χ3v) is 3.04. The lowest BCUT2D eigenvalue weighted by Crippen LogP contribution is -1.91. The van der Waals surface area contributed by atoms with Crippen molar-refractivity contribution in [2.24, 2.45) is 0 Å². The topological polar surface area (TPSA) is 17.3 Å². The van der Waals surface area contributed by atoms with E-state index in [1.54, 1.807) is 16.7 Å². The van der Waals surface area contributed by atoms with E-state index in [1.165, 1.54) is 12.8 Å². The maximum atomic E-state index is 13.7. The minimum Gasteiger partial charge on any atom is -0.304 e. The lowest BCUT2D eigenvalue weighted by atomic mass is 10.2. The molecule has 1 saturated carbocycles. The molecule has 0 saturated heterocycles. The second kappa shape index (κ2) is 3.20. The summed E-state index contributed by atoms with van der Waals surface area (Å²) in [5.41, 5.74) is 2.15. The molecule has 1 aliphatic carbocycles. The predicted octanol–water partition coefficient (Wildman–Crippen LogP) is 3.09. The Balaban J connectivity index is 2.20. The SMILES string of the molecule is Fc1cc(C2CC2)cn2cc(CCl)nc12. The Morgan fingerprint density at radius 1 is 1.47 bits per heavy atom. The summed E-state index contributed by atoms with van der Waals surface area (Å²) in [7, 11) is 0. The van der Waals surface area contributed by atoms with Crippen LogP contribution in [-0.4, -0.2) is 9.38 Å². The summed E-state index contributed by atoms with van der Waals surface area (Å²) in [5, 5.41) is 0. The number of hydrogen-bond acceptors (Lipinski definition) is 1. The van der Waals surface area contributed by atoms with Crippen molar-refractivity contribution in [2.75, 3.05) is 0 Å². The number of nitrogens with zero attached hydrogens (tertiary/aromatic N) is 2. The highest BCUT2D eigenvalue weighted by molar-refractivity contribution is 6.16. The number of alkyl halides is 1. The van der Waals surface area contributed by atoms with Gasteiger partial charge in [0.2, 0.25) is 0 Å². The van der Waals surface area contributed by atoms with Gasteiger partial charge in [-0.3, -0.25) is 0 Å². The number of halogens is 2. The largest absolute Gasteiger partial charge is 0.304 e. The summed E-state index contributed by atoms with van der Waals surface area (Å²) in [6, 6.07) is 1.60. The van der Waals surface area contributed by atoms with Gasteiger partial charge in [-0.15, -0.1) is 11.6 Å². The second-order valence-corrected chi connectivity index (χ2v) is 4.26. The molecule has 78 valence electrons. The van der Waals surface area contributed by atoms with Gasteiger partial charge in [0, 0.05) is 12.4 Å². The van der Waals surface area contributed by atoms with Crippen molar-refractivity contribution in [1.29, 1.82) is 0 Å². The quantitative estimate of drug-likeness (QED) is 0.717. The summed E-state index contributed by atoms with van der Waals surface area (Å²) >= 11 is 5.67. The van der Waals surface area contributed by atoms with Crippen LogP contribution >= 0.6 is 11.6 Å². The molecule has 0 spiro atoms. The Morgan fingerprint density at radius 2 is 2.27 bits per heavy atom. The highest BCUT2D eigenvalue weighted by Crippen LogP contribution is 2.40. The van der Waals surface area contributed by atoms with Crippen LogP contribution in [0.1, 0.15) is 30.0 Å². The highest BCUT2D eigenvalue weighted by Gasteiger charge is 2.25. The van der Waals surface area contributed by atoms with Crippen LogP contribution in [0.4, 0.5) is 4.39 Å². The van der Waals surface area contributed by atoms with E-state index in [-0.39, 0.29) is 5.82 Å². The van der Waals surface area contributed by atoms with Crippen molar-refractivity contribution >= 4 is 17.2 Å². The average molecular weight is 225 g/mol. The van der Waals surface area contributed by atoms with E-state index in [0.717, 1.165) is 5.56 Å². The summed E-state index contributed by atoms with van der Waals surface area (Å²) in [4.78, 5) is 4.11. The van der Waals surface area contributed by atoms with Crippen LogP contribution in [0.15, 0.2) is 18.5 Å². The van der Waals surface area contributed by atoms with Crippen molar-refractivity contribution in [1.82, 2.24) is 9.38 Å². The molecule has 2 aromatic heterocycles. The van der Waals surface area contributed by atoms with Gasteiger partial charge < -0.3 is 4.40 Å². The first-order valence-electron chi connectivity index (χ1n) is 5.01. The number of fused-ring (bicyclic) bond motifs is 1. The molecule has 1 aliphatic rings. The molecule has 4 heteroatoms. The minimum atomic E-state index is -0.254. The van der Waals surface area contributed by atoms with Crippen LogP contribution in [0.3, 0.4) is 0 Å². The monoisotopic (exact) mass is 224 g/mol. The van der Waals surface area contributed by atoms with Gasteiger partial charge >= 0.3 is 0 Å². The maximum Gasteiger partial charge on any atom is 0.173 e. The predicted molar refractivity (Wildman–Crippen MR) is 56.7 cm³/mol. The van der Waals surface area contributed by atoms with Gasteiger partial charge in [-0.2, -0.15) is 0 Å². The van der Waals surface area contributed by atoms with E-state index < -0.39 is 0 Å². The van der Waals surface area contributed by atoms with E-state index in [4.69, 9.17) is 11.6 Å². The molecule has 15 heavy (non-hydrogen) atoms. The first-order chi connectivity index (χ1) is 7.28. The van der Waals surface area contributed by atoms with Gasteiger partial charge in [-0.25, -0.2) is 9.37 Å². The minimum absolute atomic E-state index is 0.254. The first-order valence-corrected chi connectivity index (χ1v) is 5.54. The van der Waals surface area contributed by atoms with E-state index in [0.29, 0.717) is 23.1 Å². The van der Waals surface area contributed by atoms with Crippen molar-refractivity contribution in [3.05, 3.63) is 35.5 Å². The van der Waals surface area contributed by atoms with Gasteiger partial charge in [-0.05, 0) is 30.4 Å². The second-order valence-electron chi connectivity index (χ2n) is 3.99. The molecule has 0 unspecified atom stereocenters. The van der Waals surface area contributed by atoms with Crippen LogP contribution in [0.5, 0.6) is 0 Å². The fourth-order valence-electron chi connectivity index (χ4n) is 1.83. The van der Waals surface area contributed by atoms with Crippen LogP contribution in [0.25, 0.3) is 5.65 Å². The van der Waals surface area contributed by atoms with Crippen molar-refractivity contribution in [2.45, 2.75) is 24.6 Å². The van der Waals surface area contributed by atoms with Crippen LogP contribution in [0.2, 0.25) is 0 Å². The van der Waals surface area contributed by atoms with Crippen molar-refractivity contribution < 1.29 is 4.39 Å². The zero-order chi connectivity index (χ0) is 10.4. The van der Waals surface area contributed by atoms with Crippen LogP contribution in [0, 0.1) is 5.82 Å². The molecule has 0 N–H and O–H groups in total. The van der Waals surface area contributed by atoms with E-state index >= 15 is 0 Å². The number of pyridine rings is 1. The van der Waals surface area contributed by atoms with Crippen LogP contribution < -0.4 is 0 Å². The molecule has 0 aromatic carbocycles. The Morgan fingerprint density at radius 3 is 2.93 bits per heavy atom. The Bertz CT molecular complexity index is 517. The number of aromatic nitrogens is 2. The van der Waals surface area contributed by atoms with Gasteiger partial charge in [0.05, 0.1) is 11.6 Å². The Kier molecular flexibility index (Phi) is 1.96. The maximum absolute atomic E-state index is 13.7. The van der Waals surface area contributed by atoms with E-state index in [1.807, 2.05) is 6.20 Å². The Hall–Kier alpha value is -1.09. The molecule has 2 aromatic rings. The third-order valence-electron chi connectivity index (χ3n) is 2.76. The summed E-state index contributed by atoms with van der Waals surface area (Å²) in [6.07, 6.45) is 6.08. The van der Waals surface area contributed by atoms with E-state index in [9.17, 15) is 4.39 Å². The van der Waals surface area contributed by atoms with Gasteiger partial charge in [0.25, 0.3) is 0 Å². The summed E-state index contributed by atoms with van der Waals surface area (Å²) < 4.78 is 15.4. The van der Waals surface area contributed by atoms with Gasteiger partial charge in [0.15, 0.2) is 11.5 Å². The summed E-state index contributed by atoms with van der Waals surface area (Å²) in [6.45, 7) is 0. The molecule has 0 radical (unpaired) electrons. The normalized spacial score (nSPS) is 16.1. The third kappa shape index (κ3) is 1.51. The molecule has 0 atom stereocenters. The molecular formula is C11H10ClFN2. The Labute approximate surface area is 91.7 Å². The smallest absolute Gasteiger partial charge is 0.173 e. The summed E-state index contributed by atoms with van der Waals surface area (Å²) in [5.74, 6) is 0.612. The molecule has 2 nitrogen and oxygen atoms in total. The number of hydrogen-bond donors (Lipinski definition) is 0. The molecule has 0 bridgehead atoms.